The van der Waals surface area contributed by atoms with Gasteiger partial charge in [0.2, 0.25) is 11.6 Å². The molecule has 0 bridgehead atoms. The van der Waals surface area contributed by atoms with Gasteiger partial charge in [0.15, 0.2) is 5.78 Å². The topological polar surface area (TPSA) is 227 Å². The van der Waals surface area contributed by atoms with E-state index in [1.54, 1.807) is 108 Å². The Morgan fingerprint density at radius 2 is 1.08 bits per heavy atom. The lowest BCUT2D eigenvalue weighted by Gasteiger charge is -2.11. The average molecular weight is 970 g/mol. The van der Waals surface area contributed by atoms with Crippen molar-refractivity contribution in [1.82, 2.24) is 41.2 Å². The maximum absolute atomic E-state index is 12.9. The van der Waals surface area contributed by atoms with Crippen LogP contribution in [-0.4, -0.2) is 64.1 Å². The molecule has 0 atom stereocenters. The van der Waals surface area contributed by atoms with E-state index in [4.69, 9.17) is 63.7 Å². The van der Waals surface area contributed by atoms with Gasteiger partial charge in [-0.05, 0) is 123 Å². The molecule has 6 N–H and O–H groups in total. The number of aromatic amines is 2. The SMILES string of the molecule is C.Nc1cc(-c2nn[nH]n2)ccc1C(=O)Nc1ccc(Cl)cc1.O=C(Cl)c1sccc1Cl.O=C(Nc1ccc(Cl)cc1)c1ccc(-c2nn[nH]n2)cc1CC(=O)c1sccc1Cl. The number of ketones is 1. The number of nitrogens with one attached hydrogen (secondary N) is 4. The third-order valence-corrected chi connectivity index (χ3v) is 11.6. The van der Waals surface area contributed by atoms with Gasteiger partial charge >= 0.3 is 0 Å². The number of anilines is 3. The van der Waals surface area contributed by atoms with E-state index in [2.05, 4.69) is 51.9 Å². The maximum atomic E-state index is 12.9. The number of nitrogens with zero attached hydrogens (tertiary/aromatic N) is 6. The molecule has 0 fully saturated rings. The van der Waals surface area contributed by atoms with Gasteiger partial charge in [0.05, 0.1) is 20.5 Å². The number of tetrazole rings is 2. The quantitative estimate of drug-likeness (QED) is 0.0492. The first-order valence-electron chi connectivity index (χ1n) is 17.2. The Labute approximate surface area is 385 Å². The third kappa shape index (κ3) is 12.5. The molecule has 15 nitrogen and oxygen atoms in total. The van der Waals surface area contributed by atoms with Gasteiger partial charge < -0.3 is 16.4 Å². The number of Topliss-reactive ketones (excluding diaryl/α,β-unsaturated/α-hetero) is 1. The molecule has 316 valence electrons. The van der Waals surface area contributed by atoms with E-state index in [0.29, 0.717) is 86.4 Å². The summed E-state index contributed by atoms with van der Waals surface area (Å²) >= 11 is 31.0. The molecule has 0 saturated heterocycles. The highest BCUT2D eigenvalue weighted by atomic mass is 35.5. The second-order valence-electron chi connectivity index (χ2n) is 12.1. The number of aromatic nitrogens is 8. The number of rotatable bonds is 10. The second-order valence-corrected chi connectivity index (χ2v) is 16.0. The van der Waals surface area contributed by atoms with Crippen LogP contribution in [-0.2, 0) is 6.42 Å². The number of hydrogen-bond donors (Lipinski definition) is 5. The van der Waals surface area contributed by atoms with Crippen LogP contribution in [0.3, 0.4) is 0 Å². The van der Waals surface area contributed by atoms with E-state index in [0.717, 1.165) is 0 Å². The van der Waals surface area contributed by atoms with Gasteiger partial charge in [-0.1, -0.05) is 66.0 Å². The highest BCUT2D eigenvalue weighted by molar-refractivity contribution is 7.14. The summed E-state index contributed by atoms with van der Waals surface area (Å²) in [6.45, 7) is 0. The molecule has 0 radical (unpaired) electrons. The summed E-state index contributed by atoms with van der Waals surface area (Å²) in [5, 5.41) is 38.0. The van der Waals surface area contributed by atoms with Crippen molar-refractivity contribution in [3.8, 4) is 22.8 Å². The number of halogens is 5. The highest BCUT2D eigenvalue weighted by Gasteiger charge is 2.20. The standard InChI is InChI=1S/C20H13Cl2N5O2S.C14H11ClN6O.C5H2Cl2OS.CH4/c21-13-2-4-14(5-3-13)23-20(29)15-6-1-11(19-24-26-27-25-19)9-12(15)10-17(28)18-16(22)7-8-30-18;15-9-2-4-10(5-3-9)17-14(22)11-6-1-8(7-12(11)16)13-18-20-21-19-13;6-3-1-2-9-4(3)5(7)8;/h1-9H,10H2,(H,23,29)(H,24,25,26,27);1-7H,16H2,(H,17,22)(H,18,19,20,21);1-2H;1H4. The highest BCUT2D eigenvalue weighted by Crippen LogP contribution is 2.28. The number of H-pyrrole nitrogens is 2. The number of amides is 2. The number of hydrogen-bond acceptors (Lipinski definition) is 13. The molecule has 8 rings (SSSR count). The van der Waals surface area contributed by atoms with E-state index in [1.807, 2.05) is 0 Å². The Bertz CT molecular complexity index is 2780. The number of thiophene rings is 2. The Kier molecular flexibility index (Phi) is 16.8. The van der Waals surface area contributed by atoms with Crippen molar-refractivity contribution in [2.75, 3.05) is 16.4 Å². The first-order chi connectivity index (χ1) is 29.4. The minimum atomic E-state index is -0.491. The third-order valence-electron chi connectivity index (χ3n) is 8.07. The van der Waals surface area contributed by atoms with Crippen molar-refractivity contribution in [2.45, 2.75) is 13.8 Å². The van der Waals surface area contributed by atoms with Gasteiger partial charge in [-0.3, -0.25) is 19.2 Å². The fourth-order valence-corrected chi connectivity index (χ4v) is 7.83. The van der Waals surface area contributed by atoms with Crippen molar-refractivity contribution in [3.63, 3.8) is 0 Å². The molecule has 4 heterocycles. The van der Waals surface area contributed by atoms with Crippen LogP contribution in [0, 0.1) is 0 Å². The van der Waals surface area contributed by atoms with Gasteiger partial charge in [0.25, 0.3) is 17.1 Å². The minimum absolute atomic E-state index is 0. The smallest absolute Gasteiger partial charge is 0.263 e. The fourth-order valence-electron chi connectivity index (χ4n) is 5.22. The lowest BCUT2D eigenvalue weighted by atomic mass is 9.98. The number of benzene rings is 4. The Morgan fingerprint density at radius 3 is 1.50 bits per heavy atom. The fraction of sp³-hybridized carbons (Fsp3) is 0.0500. The summed E-state index contributed by atoms with van der Waals surface area (Å²) in [5.41, 5.74) is 10.0. The van der Waals surface area contributed by atoms with E-state index >= 15 is 0 Å². The van der Waals surface area contributed by atoms with Gasteiger partial charge in [-0.15, -0.1) is 43.1 Å². The van der Waals surface area contributed by atoms with Crippen LogP contribution in [0.2, 0.25) is 20.1 Å². The van der Waals surface area contributed by atoms with E-state index in [1.165, 1.54) is 22.7 Å². The number of nitrogens with two attached hydrogens (primary N) is 1. The lowest BCUT2D eigenvalue weighted by Crippen LogP contribution is -2.16. The molecule has 2 amide bonds. The molecule has 0 aliphatic rings. The molecular weight excluding hydrogens is 940 g/mol. The van der Waals surface area contributed by atoms with Crippen LogP contribution in [0.25, 0.3) is 22.8 Å². The van der Waals surface area contributed by atoms with Crippen molar-refractivity contribution < 1.29 is 19.2 Å². The molecular formula is C40H30Cl5N11O4S2. The summed E-state index contributed by atoms with van der Waals surface area (Å²) in [4.78, 5) is 49.2. The lowest BCUT2D eigenvalue weighted by molar-refractivity contribution is 0.0993. The number of carbonyl (C=O) groups is 4. The summed E-state index contributed by atoms with van der Waals surface area (Å²) in [5.74, 6) is -0.0591. The molecule has 62 heavy (non-hydrogen) atoms. The van der Waals surface area contributed by atoms with Crippen LogP contribution in [0.15, 0.2) is 108 Å². The molecule has 22 heteroatoms. The molecule has 0 saturated carbocycles. The van der Waals surface area contributed by atoms with Crippen LogP contribution in [0.4, 0.5) is 17.1 Å². The minimum Gasteiger partial charge on any atom is -0.398 e. The van der Waals surface area contributed by atoms with Gasteiger partial charge in [0.1, 0.15) is 4.88 Å². The van der Waals surface area contributed by atoms with Gasteiger partial charge in [-0.25, -0.2) is 0 Å². The summed E-state index contributed by atoms with van der Waals surface area (Å²) < 4.78 is 0. The predicted molar refractivity (Wildman–Crippen MR) is 246 cm³/mol. The predicted octanol–water partition coefficient (Wildman–Crippen LogP) is 10.7. The first kappa shape index (κ1) is 47.0. The summed E-state index contributed by atoms with van der Waals surface area (Å²) in [6, 6.07) is 26.9. The Morgan fingerprint density at radius 1 is 0.613 bits per heavy atom. The molecule has 8 aromatic rings. The normalized spacial score (nSPS) is 10.3. The number of carbonyl (C=O) groups excluding carboxylic acids is 4. The zero-order valence-corrected chi connectivity index (χ0v) is 36.1. The maximum Gasteiger partial charge on any atom is 0.263 e. The molecule has 0 unspecified atom stereocenters. The molecule has 4 aromatic heterocycles. The zero-order chi connectivity index (χ0) is 43.5. The van der Waals surface area contributed by atoms with Crippen LogP contribution >= 0.6 is 80.7 Å². The Hall–Kier alpha value is -6.05. The molecule has 0 aliphatic carbocycles. The molecule has 0 aliphatic heterocycles. The van der Waals surface area contributed by atoms with E-state index < -0.39 is 5.24 Å². The largest absolute Gasteiger partial charge is 0.398 e. The van der Waals surface area contributed by atoms with Crippen LogP contribution in [0.5, 0.6) is 0 Å². The molecule has 0 spiro atoms. The van der Waals surface area contributed by atoms with Crippen molar-refractivity contribution in [3.05, 3.63) is 154 Å². The molecule has 4 aromatic carbocycles. The Balaban J connectivity index is 0.000000198. The van der Waals surface area contributed by atoms with Gasteiger partial charge in [0, 0.05) is 50.2 Å². The average Bonchev–Trinajstić information content (AvgIpc) is 4.09. The first-order valence-corrected chi connectivity index (χ1v) is 20.8. The van der Waals surface area contributed by atoms with Crippen molar-refractivity contribution in [1.29, 1.82) is 0 Å². The zero-order valence-electron chi connectivity index (χ0n) is 30.7. The number of nitrogen functional groups attached to an aromatic ring is 1. The van der Waals surface area contributed by atoms with E-state index in [-0.39, 0.29) is 31.4 Å². The second kappa shape index (κ2) is 22.2. The van der Waals surface area contributed by atoms with E-state index in [9.17, 15) is 19.2 Å². The van der Waals surface area contributed by atoms with Gasteiger partial charge in [-0.2, -0.15) is 10.4 Å². The van der Waals surface area contributed by atoms with Crippen LogP contribution in [0.1, 0.15) is 53.0 Å². The van der Waals surface area contributed by atoms with Crippen molar-refractivity contribution in [2.24, 2.45) is 0 Å². The summed E-state index contributed by atoms with van der Waals surface area (Å²) in [7, 11) is 0. The van der Waals surface area contributed by atoms with Crippen molar-refractivity contribution >= 4 is 121 Å². The van der Waals surface area contributed by atoms with Crippen LogP contribution < -0.4 is 16.4 Å². The summed E-state index contributed by atoms with van der Waals surface area (Å²) in [6.07, 6.45) is -0.00467. The monoisotopic (exact) mass is 967 g/mol.